The van der Waals surface area contributed by atoms with Crippen molar-refractivity contribution in [3.8, 4) is 0 Å². The Balaban J connectivity index is 2.02. The summed E-state index contributed by atoms with van der Waals surface area (Å²) >= 11 is 0. The molecule has 0 amide bonds. The van der Waals surface area contributed by atoms with Gasteiger partial charge in [-0.05, 0) is 48.4 Å². The summed E-state index contributed by atoms with van der Waals surface area (Å²) in [7, 11) is 0. The van der Waals surface area contributed by atoms with Crippen molar-refractivity contribution in [2.24, 2.45) is 5.73 Å². The van der Waals surface area contributed by atoms with Crippen LogP contribution < -0.4 is 5.73 Å². The highest BCUT2D eigenvalue weighted by Gasteiger charge is 2.32. The lowest BCUT2D eigenvalue weighted by Crippen LogP contribution is -2.42. The second-order valence-corrected chi connectivity index (χ2v) is 5.42. The van der Waals surface area contributed by atoms with E-state index in [0.717, 1.165) is 19.3 Å². The van der Waals surface area contributed by atoms with E-state index in [4.69, 9.17) is 5.73 Å². The molecule has 0 aliphatic heterocycles. The summed E-state index contributed by atoms with van der Waals surface area (Å²) in [5.41, 5.74) is 12.0. The Bertz CT molecular complexity index is 573. The maximum Gasteiger partial charge on any atom is 0.0456 e. The molecule has 1 atom stereocenters. The normalized spacial score (nSPS) is 22.6. The second kappa shape index (κ2) is 4.25. The maximum absolute atomic E-state index is 6.70. The quantitative estimate of drug-likeness (QED) is 0.809. The van der Waals surface area contributed by atoms with Gasteiger partial charge in [0.15, 0.2) is 0 Å². The van der Waals surface area contributed by atoms with Crippen LogP contribution in [-0.4, -0.2) is 0 Å². The van der Waals surface area contributed by atoms with Crippen LogP contribution in [0.1, 0.15) is 28.7 Å². The molecule has 0 heterocycles. The minimum absolute atomic E-state index is 0.195. The molecule has 0 bridgehead atoms. The monoisotopic (exact) mass is 237 g/mol. The molecule has 1 aliphatic carbocycles. The van der Waals surface area contributed by atoms with Gasteiger partial charge in [0.1, 0.15) is 0 Å². The molecule has 0 spiro atoms. The van der Waals surface area contributed by atoms with Crippen molar-refractivity contribution in [1.82, 2.24) is 0 Å². The van der Waals surface area contributed by atoms with E-state index >= 15 is 0 Å². The van der Waals surface area contributed by atoms with Crippen molar-refractivity contribution >= 4 is 0 Å². The Morgan fingerprint density at radius 3 is 2.39 bits per heavy atom. The van der Waals surface area contributed by atoms with Crippen LogP contribution in [0.2, 0.25) is 0 Å². The van der Waals surface area contributed by atoms with E-state index in [1.54, 1.807) is 0 Å². The molecule has 1 nitrogen and oxygen atoms in total. The summed E-state index contributed by atoms with van der Waals surface area (Å²) in [4.78, 5) is 0. The summed E-state index contributed by atoms with van der Waals surface area (Å²) in [6.45, 7) is 2.16. The van der Waals surface area contributed by atoms with Gasteiger partial charge in [-0.2, -0.15) is 0 Å². The molecule has 1 unspecified atom stereocenters. The number of aryl methyl sites for hydroxylation is 2. The number of rotatable bonds is 1. The van der Waals surface area contributed by atoms with Crippen molar-refractivity contribution in [2.75, 3.05) is 0 Å². The molecule has 0 radical (unpaired) electrons. The molecular formula is C17H19N. The van der Waals surface area contributed by atoms with E-state index in [1.807, 2.05) is 0 Å². The highest BCUT2D eigenvalue weighted by Crippen LogP contribution is 2.35. The van der Waals surface area contributed by atoms with Crippen LogP contribution >= 0.6 is 0 Å². The molecule has 92 valence electrons. The molecule has 1 heteroatoms. The summed E-state index contributed by atoms with van der Waals surface area (Å²) in [5.74, 6) is 0. The predicted molar refractivity (Wildman–Crippen MR) is 75.5 cm³/mol. The van der Waals surface area contributed by atoms with E-state index < -0.39 is 0 Å². The number of nitrogens with two attached hydrogens (primary N) is 1. The van der Waals surface area contributed by atoms with Crippen LogP contribution in [0, 0.1) is 6.92 Å². The fraction of sp³-hybridized carbons (Fsp3) is 0.294. The van der Waals surface area contributed by atoms with E-state index in [-0.39, 0.29) is 5.54 Å². The lowest BCUT2D eigenvalue weighted by Gasteiger charge is -2.36. The Labute approximate surface area is 109 Å². The zero-order chi connectivity index (χ0) is 12.6. The van der Waals surface area contributed by atoms with Gasteiger partial charge in [-0.1, -0.05) is 48.5 Å². The Morgan fingerprint density at radius 2 is 1.61 bits per heavy atom. The number of benzene rings is 2. The van der Waals surface area contributed by atoms with Crippen molar-refractivity contribution in [2.45, 2.75) is 31.7 Å². The van der Waals surface area contributed by atoms with Gasteiger partial charge in [-0.3, -0.25) is 0 Å². The summed E-state index contributed by atoms with van der Waals surface area (Å²) in [6.07, 6.45) is 3.07. The maximum atomic E-state index is 6.70. The van der Waals surface area contributed by atoms with Crippen LogP contribution in [0.4, 0.5) is 0 Å². The van der Waals surface area contributed by atoms with Crippen molar-refractivity contribution in [1.29, 1.82) is 0 Å². The van der Waals surface area contributed by atoms with E-state index in [2.05, 4.69) is 55.5 Å². The molecule has 0 fully saturated rings. The van der Waals surface area contributed by atoms with Crippen LogP contribution in [0.3, 0.4) is 0 Å². The van der Waals surface area contributed by atoms with Gasteiger partial charge >= 0.3 is 0 Å². The largest absolute Gasteiger partial charge is 0.321 e. The fourth-order valence-corrected chi connectivity index (χ4v) is 3.12. The van der Waals surface area contributed by atoms with E-state index in [1.165, 1.54) is 22.3 Å². The smallest absolute Gasteiger partial charge is 0.0456 e. The molecule has 0 aromatic heterocycles. The Morgan fingerprint density at radius 1 is 0.944 bits per heavy atom. The highest BCUT2D eigenvalue weighted by molar-refractivity contribution is 5.39. The van der Waals surface area contributed by atoms with Crippen molar-refractivity contribution in [3.63, 3.8) is 0 Å². The zero-order valence-electron chi connectivity index (χ0n) is 10.8. The number of fused-ring (bicyclic) bond motifs is 1. The summed E-state index contributed by atoms with van der Waals surface area (Å²) < 4.78 is 0. The Hall–Kier alpha value is -1.60. The fourth-order valence-electron chi connectivity index (χ4n) is 3.12. The number of hydrogen-bond acceptors (Lipinski definition) is 1. The molecule has 0 saturated carbocycles. The van der Waals surface area contributed by atoms with Crippen molar-refractivity contribution in [3.05, 3.63) is 70.8 Å². The lowest BCUT2D eigenvalue weighted by atomic mass is 9.73. The first-order chi connectivity index (χ1) is 8.69. The molecule has 1 aliphatic rings. The van der Waals surface area contributed by atoms with Crippen LogP contribution in [0.25, 0.3) is 0 Å². The molecule has 0 saturated heterocycles. The van der Waals surface area contributed by atoms with Gasteiger partial charge in [-0.15, -0.1) is 0 Å². The minimum Gasteiger partial charge on any atom is -0.321 e. The van der Waals surface area contributed by atoms with Gasteiger partial charge < -0.3 is 5.73 Å². The summed E-state index contributed by atoms with van der Waals surface area (Å²) in [6, 6.07) is 17.2. The Kier molecular flexibility index (Phi) is 2.71. The van der Waals surface area contributed by atoms with Gasteiger partial charge in [0.05, 0.1) is 0 Å². The summed E-state index contributed by atoms with van der Waals surface area (Å²) in [5, 5.41) is 0. The third kappa shape index (κ3) is 1.85. The standard InChI is InChI=1S/C17H19N/c1-13-6-2-5-9-16(13)17(18)11-10-14-7-3-4-8-15(14)12-17/h2-9H,10-12,18H2,1H3. The molecule has 2 aromatic carbocycles. The zero-order valence-corrected chi connectivity index (χ0v) is 10.8. The highest BCUT2D eigenvalue weighted by atomic mass is 14.7. The third-order valence-corrected chi connectivity index (χ3v) is 4.15. The van der Waals surface area contributed by atoms with E-state index in [0.29, 0.717) is 0 Å². The average Bonchev–Trinajstić information content (AvgIpc) is 2.39. The molecule has 18 heavy (non-hydrogen) atoms. The average molecular weight is 237 g/mol. The van der Waals surface area contributed by atoms with Crippen LogP contribution in [-0.2, 0) is 18.4 Å². The van der Waals surface area contributed by atoms with Crippen LogP contribution in [0.5, 0.6) is 0 Å². The van der Waals surface area contributed by atoms with Gasteiger partial charge in [0, 0.05) is 5.54 Å². The molecule has 3 rings (SSSR count). The molecular weight excluding hydrogens is 218 g/mol. The first-order valence-electron chi connectivity index (χ1n) is 6.61. The minimum atomic E-state index is -0.195. The van der Waals surface area contributed by atoms with Gasteiger partial charge in [-0.25, -0.2) is 0 Å². The van der Waals surface area contributed by atoms with E-state index in [9.17, 15) is 0 Å². The number of hydrogen-bond donors (Lipinski definition) is 1. The predicted octanol–water partition coefficient (Wildman–Crippen LogP) is 3.34. The first kappa shape index (κ1) is 11.5. The topological polar surface area (TPSA) is 26.0 Å². The van der Waals surface area contributed by atoms with Crippen molar-refractivity contribution < 1.29 is 0 Å². The van der Waals surface area contributed by atoms with Crippen LogP contribution in [0.15, 0.2) is 48.5 Å². The molecule has 2 aromatic rings. The first-order valence-corrected chi connectivity index (χ1v) is 6.61. The second-order valence-electron chi connectivity index (χ2n) is 5.42. The van der Waals surface area contributed by atoms with Gasteiger partial charge in [0.2, 0.25) is 0 Å². The third-order valence-electron chi connectivity index (χ3n) is 4.15. The molecule has 2 N–H and O–H groups in total. The SMILES string of the molecule is Cc1ccccc1C1(N)CCc2ccccc2C1. The van der Waals surface area contributed by atoms with Gasteiger partial charge in [0.25, 0.3) is 0 Å². The lowest BCUT2D eigenvalue weighted by molar-refractivity contribution is 0.383.